The molecule has 1 N–H and O–H groups in total. The standard InChI is InChI=1S/C35H34FNO4/c1-2-9-25-20-27-33(35(40)37(34(27)39)26-12-7-4-8-13-26)28-21-41-31(32(25)28)17-15-24(23-10-5-3-6-11-23)18-22-14-16-30(38)29(36)19-22/h3-8,10-14,16,18-19,27-28,31,33,38H,2,9,15,17,20-21H2,1H3/b24-18-/t27-,28+,31-,33-/m1/s1. The average Bonchev–Trinajstić information content (AvgIpc) is 3.52. The second-order valence-corrected chi connectivity index (χ2v) is 11.2. The van der Waals surface area contributed by atoms with E-state index in [1.54, 1.807) is 6.07 Å². The summed E-state index contributed by atoms with van der Waals surface area (Å²) in [7, 11) is 0. The van der Waals surface area contributed by atoms with Gasteiger partial charge in [-0.3, -0.25) is 14.5 Å². The quantitative estimate of drug-likeness (QED) is 0.183. The molecule has 6 rings (SSSR count). The van der Waals surface area contributed by atoms with Crippen molar-refractivity contribution in [2.45, 2.75) is 45.1 Å². The second kappa shape index (κ2) is 11.5. The molecule has 3 aliphatic rings. The summed E-state index contributed by atoms with van der Waals surface area (Å²) in [6.45, 7) is 2.58. The molecule has 5 nitrogen and oxygen atoms in total. The Morgan fingerprint density at radius 1 is 1.00 bits per heavy atom. The largest absolute Gasteiger partial charge is 0.505 e. The number of hydrogen-bond acceptors (Lipinski definition) is 4. The van der Waals surface area contributed by atoms with E-state index in [2.05, 4.69) is 6.92 Å². The van der Waals surface area contributed by atoms with Gasteiger partial charge >= 0.3 is 0 Å². The molecule has 0 bridgehead atoms. The Kier molecular flexibility index (Phi) is 7.59. The van der Waals surface area contributed by atoms with Crippen molar-refractivity contribution in [3.63, 3.8) is 0 Å². The molecule has 3 aromatic carbocycles. The number of rotatable bonds is 8. The second-order valence-electron chi connectivity index (χ2n) is 11.2. The van der Waals surface area contributed by atoms with Gasteiger partial charge in [0.2, 0.25) is 11.8 Å². The number of fused-ring (bicyclic) bond motifs is 3. The molecule has 0 unspecified atom stereocenters. The minimum Gasteiger partial charge on any atom is -0.505 e. The number of anilines is 1. The molecule has 1 aliphatic carbocycles. The minimum atomic E-state index is -0.653. The summed E-state index contributed by atoms with van der Waals surface area (Å²) in [6, 6.07) is 23.6. The Bertz CT molecular complexity index is 1510. The normalized spacial score (nSPS) is 24.1. The molecule has 2 saturated heterocycles. The lowest BCUT2D eigenvalue weighted by atomic mass is 9.68. The molecule has 2 aliphatic heterocycles. The monoisotopic (exact) mass is 551 g/mol. The van der Waals surface area contributed by atoms with Crippen LogP contribution in [0.5, 0.6) is 5.75 Å². The van der Waals surface area contributed by atoms with Crippen LogP contribution >= 0.6 is 0 Å². The SMILES string of the molecule is CCCC1=C2[C@@H](CC/C(=C/c3ccc(O)c(F)c3)c3ccccc3)OC[C@@H]2[C@@H]2C(=O)N(c3ccccc3)C(=O)[C@@H]2C1. The lowest BCUT2D eigenvalue weighted by molar-refractivity contribution is -0.122. The number of phenolic OH excluding ortho intramolecular Hbond substituents is 1. The Labute approximate surface area is 240 Å². The minimum absolute atomic E-state index is 0.0965. The highest BCUT2D eigenvalue weighted by molar-refractivity contribution is 6.22. The first-order chi connectivity index (χ1) is 20.0. The number of imide groups is 1. The summed E-state index contributed by atoms with van der Waals surface area (Å²) in [5.41, 5.74) is 5.87. The topological polar surface area (TPSA) is 66.8 Å². The number of para-hydroxylation sites is 1. The van der Waals surface area contributed by atoms with Crippen LogP contribution in [0, 0.1) is 23.6 Å². The van der Waals surface area contributed by atoms with Gasteiger partial charge in [0.1, 0.15) is 0 Å². The highest BCUT2D eigenvalue weighted by Crippen LogP contribution is 2.51. The number of nitrogens with zero attached hydrogens (tertiary/aromatic N) is 1. The van der Waals surface area contributed by atoms with Crippen molar-refractivity contribution in [1.82, 2.24) is 0 Å². The summed E-state index contributed by atoms with van der Waals surface area (Å²) in [4.78, 5) is 28.7. The number of amides is 2. The van der Waals surface area contributed by atoms with Crippen molar-refractivity contribution in [3.8, 4) is 5.75 Å². The van der Waals surface area contributed by atoms with Gasteiger partial charge in [-0.2, -0.15) is 0 Å². The van der Waals surface area contributed by atoms with Crippen LogP contribution in [0.25, 0.3) is 11.6 Å². The molecule has 3 aromatic rings. The fourth-order valence-corrected chi connectivity index (χ4v) is 6.90. The van der Waals surface area contributed by atoms with Crippen LogP contribution in [0.15, 0.2) is 90.0 Å². The molecule has 0 spiro atoms. The molecule has 0 aromatic heterocycles. The van der Waals surface area contributed by atoms with Crippen molar-refractivity contribution in [1.29, 1.82) is 0 Å². The van der Waals surface area contributed by atoms with Crippen molar-refractivity contribution in [3.05, 3.63) is 107 Å². The number of halogens is 1. The number of carbonyl (C=O) groups is 2. The van der Waals surface area contributed by atoms with Gasteiger partial charge in [0.15, 0.2) is 11.6 Å². The van der Waals surface area contributed by atoms with E-state index >= 15 is 0 Å². The van der Waals surface area contributed by atoms with Gasteiger partial charge in [-0.25, -0.2) is 4.39 Å². The van der Waals surface area contributed by atoms with Crippen molar-refractivity contribution in [2.75, 3.05) is 11.5 Å². The van der Waals surface area contributed by atoms with Gasteiger partial charge in [0, 0.05) is 5.92 Å². The summed E-state index contributed by atoms with van der Waals surface area (Å²) < 4.78 is 20.5. The van der Waals surface area contributed by atoms with E-state index in [0.717, 1.165) is 24.0 Å². The van der Waals surface area contributed by atoms with E-state index in [0.29, 0.717) is 37.1 Å². The van der Waals surface area contributed by atoms with E-state index in [4.69, 9.17) is 4.74 Å². The average molecular weight is 552 g/mol. The van der Waals surface area contributed by atoms with Crippen molar-refractivity contribution in [2.24, 2.45) is 17.8 Å². The number of aromatic hydroxyl groups is 1. The Morgan fingerprint density at radius 3 is 2.44 bits per heavy atom. The van der Waals surface area contributed by atoms with Gasteiger partial charge in [-0.05, 0) is 72.2 Å². The number of phenols is 1. The van der Waals surface area contributed by atoms with E-state index in [1.807, 2.05) is 66.7 Å². The van der Waals surface area contributed by atoms with E-state index in [1.165, 1.54) is 28.2 Å². The van der Waals surface area contributed by atoms with Crippen molar-refractivity contribution < 1.29 is 23.8 Å². The highest BCUT2D eigenvalue weighted by atomic mass is 19.1. The molecule has 2 fully saturated rings. The molecule has 2 heterocycles. The van der Waals surface area contributed by atoms with Crippen molar-refractivity contribution >= 4 is 29.2 Å². The maximum atomic E-state index is 14.1. The van der Waals surface area contributed by atoms with E-state index in [9.17, 15) is 19.1 Å². The van der Waals surface area contributed by atoms with Crippen LogP contribution in [-0.2, 0) is 14.3 Å². The number of ether oxygens (including phenoxy) is 1. The molecule has 41 heavy (non-hydrogen) atoms. The third-order valence-electron chi connectivity index (χ3n) is 8.71. The number of hydrogen-bond donors (Lipinski definition) is 1. The maximum absolute atomic E-state index is 14.1. The zero-order chi connectivity index (χ0) is 28.5. The maximum Gasteiger partial charge on any atom is 0.238 e. The Balaban J connectivity index is 1.28. The molecule has 4 atom stereocenters. The third kappa shape index (κ3) is 5.13. The number of benzene rings is 3. The summed E-state index contributed by atoms with van der Waals surface area (Å²) in [5, 5.41) is 9.64. The fourth-order valence-electron chi connectivity index (χ4n) is 6.90. The fraction of sp³-hybridized carbons (Fsp3) is 0.314. The summed E-state index contributed by atoms with van der Waals surface area (Å²) >= 11 is 0. The van der Waals surface area contributed by atoms with Gasteiger partial charge < -0.3 is 9.84 Å². The van der Waals surface area contributed by atoms with Crippen LogP contribution in [0.2, 0.25) is 0 Å². The number of carbonyl (C=O) groups excluding carboxylic acids is 2. The lowest BCUT2D eigenvalue weighted by Crippen LogP contribution is -2.34. The van der Waals surface area contributed by atoms with Crippen LogP contribution in [0.4, 0.5) is 10.1 Å². The zero-order valence-electron chi connectivity index (χ0n) is 23.1. The first-order valence-corrected chi connectivity index (χ1v) is 14.5. The molecular formula is C35H34FNO4. The van der Waals surface area contributed by atoms with Gasteiger partial charge in [-0.15, -0.1) is 0 Å². The first-order valence-electron chi connectivity index (χ1n) is 14.5. The van der Waals surface area contributed by atoms with Gasteiger partial charge in [0.25, 0.3) is 0 Å². The first kappa shape index (κ1) is 27.2. The van der Waals surface area contributed by atoms with Crippen LogP contribution < -0.4 is 4.90 Å². The molecule has 0 saturated carbocycles. The molecular weight excluding hydrogens is 517 g/mol. The lowest BCUT2D eigenvalue weighted by Gasteiger charge is -2.32. The van der Waals surface area contributed by atoms with Gasteiger partial charge in [-0.1, -0.05) is 79.6 Å². The van der Waals surface area contributed by atoms with Crippen LogP contribution in [0.3, 0.4) is 0 Å². The van der Waals surface area contributed by atoms with E-state index < -0.39 is 11.7 Å². The molecule has 0 radical (unpaired) electrons. The summed E-state index contributed by atoms with van der Waals surface area (Å²) in [6.07, 6.45) is 5.66. The van der Waals surface area contributed by atoms with Gasteiger partial charge in [0.05, 0.1) is 30.2 Å². The third-order valence-corrected chi connectivity index (χ3v) is 8.71. The molecule has 2 amide bonds. The van der Waals surface area contributed by atoms with E-state index in [-0.39, 0.29) is 35.5 Å². The predicted octanol–water partition coefficient (Wildman–Crippen LogP) is 7.17. The molecule has 6 heteroatoms. The van der Waals surface area contributed by atoms with Crippen LogP contribution in [-0.4, -0.2) is 29.6 Å². The zero-order valence-corrected chi connectivity index (χ0v) is 23.1. The molecule has 210 valence electrons. The predicted molar refractivity (Wildman–Crippen MR) is 157 cm³/mol. The summed E-state index contributed by atoms with van der Waals surface area (Å²) in [5.74, 6) is -2.08. The Hall–Kier alpha value is -4.03. The highest BCUT2D eigenvalue weighted by Gasteiger charge is 2.57. The smallest absolute Gasteiger partial charge is 0.238 e. The Morgan fingerprint density at radius 2 is 1.73 bits per heavy atom. The van der Waals surface area contributed by atoms with Crippen LogP contribution in [0.1, 0.15) is 50.2 Å². The number of allylic oxidation sites excluding steroid dienone is 2.